The van der Waals surface area contributed by atoms with Crippen molar-refractivity contribution in [3.63, 3.8) is 0 Å². The molecule has 0 amide bonds. The summed E-state index contributed by atoms with van der Waals surface area (Å²) in [5.41, 5.74) is 0.775. The van der Waals surface area contributed by atoms with Gasteiger partial charge in [0, 0.05) is 5.92 Å². The summed E-state index contributed by atoms with van der Waals surface area (Å²) in [5, 5.41) is 0.673. The van der Waals surface area contributed by atoms with Crippen LogP contribution >= 0.6 is 0 Å². The van der Waals surface area contributed by atoms with Gasteiger partial charge in [-0.2, -0.15) is 0 Å². The highest BCUT2D eigenvalue weighted by atomic mass is 16.1. The molecule has 0 aliphatic carbocycles. The Balaban J connectivity index is 2.41. The maximum Gasteiger partial charge on any atom is 0.258 e. The number of benzene rings is 1. The first kappa shape index (κ1) is 12.8. The van der Waals surface area contributed by atoms with Crippen LogP contribution in [0.15, 0.2) is 29.1 Å². The van der Waals surface area contributed by atoms with Crippen molar-refractivity contribution < 1.29 is 0 Å². The Bertz CT molecular complexity index is 574. The van der Waals surface area contributed by atoms with Gasteiger partial charge in [-0.15, -0.1) is 0 Å². The fourth-order valence-corrected chi connectivity index (χ4v) is 2.28. The molecule has 0 unspecified atom stereocenters. The van der Waals surface area contributed by atoms with Gasteiger partial charge in [0.25, 0.3) is 5.56 Å². The summed E-state index contributed by atoms with van der Waals surface area (Å²) in [6.07, 6.45) is 4.46. The van der Waals surface area contributed by atoms with Gasteiger partial charge in [0.1, 0.15) is 5.82 Å². The quantitative estimate of drug-likeness (QED) is 0.873. The Morgan fingerprint density at radius 3 is 2.78 bits per heavy atom. The molecule has 0 saturated heterocycles. The zero-order valence-corrected chi connectivity index (χ0v) is 11.1. The standard InChI is InChI=1S/C15H20N2O/c1-3-5-8-11(4-2)14-16-13-10-7-6-9-12(13)15(18)17-14/h6-7,9-11H,3-5,8H2,1-2H3,(H,16,17,18)/t11-/m0/s1. The summed E-state index contributed by atoms with van der Waals surface area (Å²) in [5.74, 6) is 1.21. The zero-order chi connectivity index (χ0) is 13.0. The van der Waals surface area contributed by atoms with Crippen LogP contribution in [-0.2, 0) is 0 Å². The SMILES string of the molecule is CCCC[C@H](CC)c1nc2ccccc2c(=O)[nH]1. The summed E-state index contributed by atoms with van der Waals surface area (Å²) in [6.45, 7) is 4.33. The Morgan fingerprint density at radius 1 is 1.28 bits per heavy atom. The molecule has 2 rings (SSSR count). The van der Waals surface area contributed by atoms with Crippen LogP contribution in [0.5, 0.6) is 0 Å². The predicted octanol–water partition coefficient (Wildman–Crippen LogP) is 3.61. The Hall–Kier alpha value is -1.64. The molecule has 1 aromatic carbocycles. The number of nitrogens with zero attached hydrogens (tertiary/aromatic N) is 1. The molecule has 1 N–H and O–H groups in total. The molecular formula is C15H20N2O. The number of H-pyrrole nitrogens is 1. The van der Waals surface area contributed by atoms with Gasteiger partial charge < -0.3 is 4.98 Å². The third kappa shape index (κ3) is 2.61. The molecule has 2 aromatic rings. The number of nitrogens with one attached hydrogen (secondary N) is 1. The molecule has 0 bridgehead atoms. The first-order valence-corrected chi connectivity index (χ1v) is 6.75. The molecule has 3 nitrogen and oxygen atoms in total. The maximum absolute atomic E-state index is 12.0. The van der Waals surface area contributed by atoms with E-state index in [4.69, 9.17) is 0 Å². The smallest absolute Gasteiger partial charge is 0.258 e. The lowest BCUT2D eigenvalue weighted by atomic mass is 9.98. The lowest BCUT2D eigenvalue weighted by Gasteiger charge is -2.13. The van der Waals surface area contributed by atoms with Crippen LogP contribution in [0, 0.1) is 0 Å². The highest BCUT2D eigenvalue weighted by Gasteiger charge is 2.13. The van der Waals surface area contributed by atoms with E-state index in [1.165, 1.54) is 12.8 Å². The highest BCUT2D eigenvalue weighted by Crippen LogP contribution is 2.22. The van der Waals surface area contributed by atoms with Crippen LogP contribution in [-0.4, -0.2) is 9.97 Å². The number of rotatable bonds is 5. The number of hydrogen-bond donors (Lipinski definition) is 1. The summed E-state index contributed by atoms with van der Waals surface area (Å²) in [6, 6.07) is 7.51. The van der Waals surface area contributed by atoms with Crippen molar-refractivity contribution in [3.05, 3.63) is 40.4 Å². The molecule has 0 aliphatic rings. The van der Waals surface area contributed by atoms with Crippen molar-refractivity contribution in [1.29, 1.82) is 0 Å². The average molecular weight is 244 g/mol. The lowest BCUT2D eigenvalue weighted by molar-refractivity contribution is 0.544. The minimum absolute atomic E-state index is 0.0226. The van der Waals surface area contributed by atoms with Crippen molar-refractivity contribution in [2.24, 2.45) is 0 Å². The van der Waals surface area contributed by atoms with E-state index < -0.39 is 0 Å². The van der Waals surface area contributed by atoms with Gasteiger partial charge >= 0.3 is 0 Å². The van der Waals surface area contributed by atoms with Gasteiger partial charge in [-0.05, 0) is 25.0 Å². The molecule has 3 heteroatoms. The monoisotopic (exact) mass is 244 g/mol. The normalized spacial score (nSPS) is 12.8. The average Bonchev–Trinajstić information content (AvgIpc) is 2.40. The molecule has 1 heterocycles. The maximum atomic E-state index is 12.0. The summed E-state index contributed by atoms with van der Waals surface area (Å²) >= 11 is 0. The van der Waals surface area contributed by atoms with E-state index in [0.717, 1.165) is 24.2 Å². The summed E-state index contributed by atoms with van der Waals surface area (Å²) in [7, 11) is 0. The number of aromatic nitrogens is 2. The molecule has 96 valence electrons. The minimum atomic E-state index is -0.0226. The van der Waals surface area contributed by atoms with Gasteiger partial charge in [-0.25, -0.2) is 4.98 Å². The Morgan fingerprint density at radius 2 is 2.06 bits per heavy atom. The molecule has 0 fully saturated rings. The predicted molar refractivity (Wildman–Crippen MR) is 74.9 cm³/mol. The second-order valence-corrected chi connectivity index (χ2v) is 4.72. The number of aromatic amines is 1. The summed E-state index contributed by atoms with van der Waals surface area (Å²) in [4.78, 5) is 19.5. The van der Waals surface area contributed by atoms with E-state index in [0.29, 0.717) is 11.3 Å². The van der Waals surface area contributed by atoms with Crippen LogP contribution in [0.25, 0.3) is 10.9 Å². The van der Waals surface area contributed by atoms with Gasteiger partial charge in [0.15, 0.2) is 0 Å². The molecule has 0 radical (unpaired) electrons. The molecule has 0 spiro atoms. The Kier molecular flexibility index (Phi) is 4.13. The van der Waals surface area contributed by atoms with Crippen molar-refractivity contribution >= 4 is 10.9 Å². The van der Waals surface area contributed by atoms with Crippen LogP contribution in [0.2, 0.25) is 0 Å². The fourth-order valence-electron chi connectivity index (χ4n) is 2.28. The summed E-state index contributed by atoms with van der Waals surface area (Å²) < 4.78 is 0. The van der Waals surface area contributed by atoms with Crippen molar-refractivity contribution in [2.45, 2.75) is 45.4 Å². The van der Waals surface area contributed by atoms with Crippen molar-refractivity contribution in [2.75, 3.05) is 0 Å². The van der Waals surface area contributed by atoms with Crippen LogP contribution in [0.4, 0.5) is 0 Å². The van der Waals surface area contributed by atoms with E-state index in [9.17, 15) is 4.79 Å². The number of para-hydroxylation sites is 1. The van der Waals surface area contributed by atoms with Gasteiger partial charge in [-0.1, -0.05) is 38.8 Å². The number of fused-ring (bicyclic) bond motifs is 1. The Labute approximate surface area is 107 Å². The van der Waals surface area contributed by atoms with E-state index in [1.807, 2.05) is 24.3 Å². The number of unbranched alkanes of at least 4 members (excludes halogenated alkanes) is 1. The molecular weight excluding hydrogens is 224 g/mol. The number of hydrogen-bond acceptors (Lipinski definition) is 2. The van der Waals surface area contributed by atoms with Crippen molar-refractivity contribution in [3.8, 4) is 0 Å². The van der Waals surface area contributed by atoms with Crippen LogP contribution in [0.1, 0.15) is 51.3 Å². The third-order valence-corrected chi connectivity index (χ3v) is 3.42. The molecule has 0 saturated carbocycles. The molecule has 1 atom stereocenters. The van der Waals surface area contributed by atoms with Gasteiger partial charge in [0.2, 0.25) is 0 Å². The zero-order valence-electron chi connectivity index (χ0n) is 11.1. The first-order chi connectivity index (χ1) is 8.76. The topological polar surface area (TPSA) is 45.8 Å². The lowest BCUT2D eigenvalue weighted by Crippen LogP contribution is -2.14. The molecule has 18 heavy (non-hydrogen) atoms. The van der Waals surface area contributed by atoms with Crippen LogP contribution < -0.4 is 5.56 Å². The van der Waals surface area contributed by atoms with E-state index in [2.05, 4.69) is 23.8 Å². The fraction of sp³-hybridized carbons (Fsp3) is 0.467. The van der Waals surface area contributed by atoms with E-state index in [-0.39, 0.29) is 5.56 Å². The highest BCUT2D eigenvalue weighted by molar-refractivity contribution is 5.77. The van der Waals surface area contributed by atoms with E-state index in [1.54, 1.807) is 0 Å². The van der Waals surface area contributed by atoms with E-state index >= 15 is 0 Å². The van der Waals surface area contributed by atoms with Crippen molar-refractivity contribution in [1.82, 2.24) is 9.97 Å². The third-order valence-electron chi connectivity index (χ3n) is 3.42. The minimum Gasteiger partial charge on any atom is -0.310 e. The first-order valence-electron chi connectivity index (χ1n) is 6.75. The molecule has 0 aliphatic heterocycles. The second kappa shape index (κ2) is 5.80. The largest absolute Gasteiger partial charge is 0.310 e. The van der Waals surface area contributed by atoms with Gasteiger partial charge in [0.05, 0.1) is 10.9 Å². The van der Waals surface area contributed by atoms with Gasteiger partial charge in [-0.3, -0.25) is 4.79 Å². The molecule has 1 aromatic heterocycles. The van der Waals surface area contributed by atoms with Crippen LogP contribution in [0.3, 0.4) is 0 Å². The second-order valence-electron chi connectivity index (χ2n) is 4.72.